The Kier molecular flexibility index (Phi) is 1.64. The van der Waals surface area contributed by atoms with Crippen molar-refractivity contribution in [3.05, 3.63) is 12.2 Å². The molecule has 0 aromatic rings. The Morgan fingerprint density at radius 3 is 2.89 bits per heavy atom. The van der Waals surface area contributed by atoms with Crippen LogP contribution in [-0.2, 0) is 9.53 Å². The van der Waals surface area contributed by atoms with E-state index in [9.17, 15) is 4.79 Å². The van der Waals surface area contributed by atoms with Crippen LogP contribution in [-0.4, -0.2) is 23.3 Å². The van der Waals surface area contributed by atoms with E-state index in [2.05, 4.69) is 0 Å². The van der Waals surface area contributed by atoms with E-state index in [1.807, 2.05) is 0 Å². The van der Waals surface area contributed by atoms with Crippen molar-refractivity contribution in [3.63, 3.8) is 0 Å². The Labute approximate surface area is 52.9 Å². The van der Waals surface area contributed by atoms with Crippen LogP contribution in [0.15, 0.2) is 12.2 Å². The van der Waals surface area contributed by atoms with Crippen molar-refractivity contribution in [1.29, 1.82) is 0 Å². The number of hydrogen-bond donors (Lipinski definition) is 1. The molecule has 1 N–H and O–H groups in total. The van der Waals surface area contributed by atoms with Crippen molar-refractivity contribution in [2.24, 2.45) is 0 Å². The molecule has 0 aromatic heterocycles. The summed E-state index contributed by atoms with van der Waals surface area (Å²) >= 11 is 0. The largest absolute Gasteiger partial charge is 0.365 e. The molecule has 0 saturated heterocycles. The highest BCUT2D eigenvalue weighted by atomic mass is 16.6. The number of ketones is 1. The van der Waals surface area contributed by atoms with Crippen molar-refractivity contribution in [3.8, 4) is 0 Å². The monoisotopic (exact) mass is 128 g/mol. The molecule has 50 valence electrons. The lowest BCUT2D eigenvalue weighted by atomic mass is 10.2. The molecular weight excluding hydrogens is 120 g/mol. The average Bonchev–Trinajstić information content (AvgIpc) is 1.80. The third kappa shape index (κ3) is 1.37. The summed E-state index contributed by atoms with van der Waals surface area (Å²) in [5, 5.41) is 8.74. The zero-order valence-electron chi connectivity index (χ0n) is 5.07. The minimum atomic E-state index is -0.905. The first-order valence-corrected chi connectivity index (χ1v) is 2.76. The topological polar surface area (TPSA) is 46.5 Å². The van der Waals surface area contributed by atoms with Gasteiger partial charge in [-0.2, -0.15) is 0 Å². The minimum Gasteiger partial charge on any atom is -0.365 e. The van der Waals surface area contributed by atoms with Gasteiger partial charge in [-0.15, -0.1) is 0 Å². The molecule has 0 amide bonds. The van der Waals surface area contributed by atoms with Crippen molar-refractivity contribution in [2.45, 2.75) is 19.3 Å². The van der Waals surface area contributed by atoms with Crippen molar-refractivity contribution >= 4 is 5.78 Å². The standard InChI is InChI=1S/C6H8O3/c1-4-5(7)2-3-6(8)9-4/h2-4,6,8H,1H3/t4-,6?/m1/s1. The zero-order chi connectivity index (χ0) is 6.85. The highest BCUT2D eigenvalue weighted by Crippen LogP contribution is 2.05. The second-order valence-corrected chi connectivity index (χ2v) is 1.93. The van der Waals surface area contributed by atoms with Gasteiger partial charge in [0.25, 0.3) is 0 Å². The van der Waals surface area contributed by atoms with Crippen LogP contribution in [0.1, 0.15) is 6.92 Å². The molecule has 3 heteroatoms. The number of hydrogen-bond acceptors (Lipinski definition) is 3. The maximum atomic E-state index is 10.6. The third-order valence-corrected chi connectivity index (χ3v) is 1.17. The molecule has 1 aliphatic heterocycles. The lowest BCUT2D eigenvalue weighted by molar-refractivity contribution is -0.145. The summed E-state index contributed by atoms with van der Waals surface area (Å²) < 4.78 is 4.72. The molecule has 0 aliphatic carbocycles. The van der Waals surface area contributed by atoms with Crippen LogP contribution in [0.4, 0.5) is 0 Å². The number of aliphatic hydroxyl groups excluding tert-OH is 1. The molecule has 0 saturated carbocycles. The van der Waals surface area contributed by atoms with Gasteiger partial charge in [-0.1, -0.05) is 0 Å². The van der Waals surface area contributed by atoms with Crippen LogP contribution in [0.25, 0.3) is 0 Å². The molecule has 0 bridgehead atoms. The molecule has 0 fully saturated rings. The van der Waals surface area contributed by atoms with Crippen LogP contribution < -0.4 is 0 Å². The average molecular weight is 128 g/mol. The molecule has 1 heterocycles. The van der Waals surface area contributed by atoms with Gasteiger partial charge in [0.05, 0.1) is 0 Å². The van der Waals surface area contributed by atoms with Crippen molar-refractivity contribution in [2.75, 3.05) is 0 Å². The Morgan fingerprint density at radius 1 is 1.78 bits per heavy atom. The minimum absolute atomic E-state index is 0.0969. The number of rotatable bonds is 0. The van der Waals surface area contributed by atoms with E-state index < -0.39 is 12.4 Å². The molecular formula is C6H8O3. The summed E-state index contributed by atoms with van der Waals surface area (Å²) in [4.78, 5) is 10.6. The lowest BCUT2D eigenvalue weighted by Crippen LogP contribution is -2.28. The maximum Gasteiger partial charge on any atom is 0.184 e. The number of ether oxygens (including phenoxy) is 1. The van der Waals surface area contributed by atoms with Gasteiger partial charge in [-0.3, -0.25) is 4.79 Å². The summed E-state index contributed by atoms with van der Waals surface area (Å²) in [7, 11) is 0. The molecule has 2 atom stereocenters. The fourth-order valence-corrected chi connectivity index (χ4v) is 0.634. The normalized spacial score (nSPS) is 35.1. The quantitative estimate of drug-likeness (QED) is 0.493. The number of carbonyl (C=O) groups is 1. The van der Waals surface area contributed by atoms with Gasteiger partial charge in [-0.25, -0.2) is 0 Å². The molecule has 0 aromatic carbocycles. The molecule has 1 rings (SSSR count). The van der Waals surface area contributed by atoms with Crippen LogP contribution in [0.2, 0.25) is 0 Å². The molecule has 3 nitrogen and oxygen atoms in total. The van der Waals surface area contributed by atoms with E-state index in [0.29, 0.717) is 0 Å². The summed E-state index contributed by atoms with van der Waals surface area (Å²) in [6, 6.07) is 0. The van der Waals surface area contributed by atoms with Gasteiger partial charge < -0.3 is 9.84 Å². The summed E-state index contributed by atoms with van der Waals surface area (Å²) in [6.45, 7) is 1.61. The molecule has 0 spiro atoms. The highest BCUT2D eigenvalue weighted by Gasteiger charge is 2.18. The zero-order valence-corrected chi connectivity index (χ0v) is 5.07. The van der Waals surface area contributed by atoms with Gasteiger partial charge in [0, 0.05) is 0 Å². The van der Waals surface area contributed by atoms with Crippen LogP contribution in [0.5, 0.6) is 0 Å². The Bertz CT molecular complexity index is 150. The predicted octanol–water partition coefficient (Wildman–Crippen LogP) is -0.151. The fraction of sp³-hybridized carbons (Fsp3) is 0.500. The number of aliphatic hydroxyl groups is 1. The highest BCUT2D eigenvalue weighted by molar-refractivity contribution is 5.93. The summed E-state index contributed by atoms with van der Waals surface area (Å²) in [5.41, 5.74) is 0. The molecule has 1 aliphatic rings. The van der Waals surface area contributed by atoms with Crippen molar-refractivity contribution in [1.82, 2.24) is 0 Å². The first-order valence-electron chi connectivity index (χ1n) is 2.76. The first kappa shape index (κ1) is 6.45. The van der Waals surface area contributed by atoms with Gasteiger partial charge in [0.2, 0.25) is 0 Å². The van der Waals surface area contributed by atoms with E-state index in [1.54, 1.807) is 6.92 Å². The second kappa shape index (κ2) is 2.29. The third-order valence-electron chi connectivity index (χ3n) is 1.17. The predicted molar refractivity (Wildman–Crippen MR) is 30.7 cm³/mol. The fourth-order valence-electron chi connectivity index (χ4n) is 0.634. The maximum absolute atomic E-state index is 10.6. The van der Waals surface area contributed by atoms with E-state index in [1.165, 1.54) is 12.2 Å². The summed E-state index contributed by atoms with van der Waals surface area (Å²) in [6.07, 6.45) is 1.25. The Balaban J connectivity index is 2.65. The molecule has 1 unspecified atom stereocenters. The van der Waals surface area contributed by atoms with Crippen LogP contribution >= 0.6 is 0 Å². The van der Waals surface area contributed by atoms with Gasteiger partial charge in [0.1, 0.15) is 6.10 Å². The van der Waals surface area contributed by atoms with Gasteiger partial charge in [0.15, 0.2) is 12.1 Å². The second-order valence-electron chi connectivity index (χ2n) is 1.93. The first-order chi connectivity index (χ1) is 4.20. The Hall–Kier alpha value is -0.670. The van der Waals surface area contributed by atoms with Crippen molar-refractivity contribution < 1.29 is 14.6 Å². The van der Waals surface area contributed by atoms with E-state index >= 15 is 0 Å². The molecule has 9 heavy (non-hydrogen) atoms. The smallest absolute Gasteiger partial charge is 0.184 e. The van der Waals surface area contributed by atoms with Gasteiger partial charge in [-0.05, 0) is 19.1 Å². The SMILES string of the molecule is C[C@H]1OC(O)C=CC1=O. The summed E-state index contributed by atoms with van der Waals surface area (Å²) in [5.74, 6) is -0.0969. The van der Waals surface area contributed by atoms with Crippen LogP contribution in [0.3, 0.4) is 0 Å². The van der Waals surface area contributed by atoms with Gasteiger partial charge >= 0.3 is 0 Å². The lowest BCUT2D eigenvalue weighted by Gasteiger charge is -2.16. The van der Waals surface area contributed by atoms with E-state index in [0.717, 1.165) is 0 Å². The van der Waals surface area contributed by atoms with Crippen LogP contribution in [0, 0.1) is 0 Å². The molecule has 0 radical (unpaired) electrons. The van der Waals surface area contributed by atoms with E-state index in [-0.39, 0.29) is 5.78 Å². The van der Waals surface area contributed by atoms with E-state index in [4.69, 9.17) is 9.84 Å². The number of carbonyl (C=O) groups excluding carboxylic acids is 1. The Morgan fingerprint density at radius 2 is 2.44 bits per heavy atom.